The quantitative estimate of drug-likeness (QED) is 0.580. The van der Waals surface area contributed by atoms with Gasteiger partial charge in [0.2, 0.25) is 5.78 Å². The lowest BCUT2D eigenvalue weighted by molar-refractivity contribution is 0.103. The Morgan fingerprint density at radius 3 is 2.21 bits per heavy atom. The summed E-state index contributed by atoms with van der Waals surface area (Å²) in [5.41, 5.74) is 4.35. The highest BCUT2D eigenvalue weighted by Gasteiger charge is 2.27. The van der Waals surface area contributed by atoms with E-state index in [4.69, 9.17) is 4.74 Å². The van der Waals surface area contributed by atoms with Crippen LogP contribution in [-0.4, -0.2) is 27.0 Å². The normalized spacial score (nSPS) is 14.6. The van der Waals surface area contributed by atoms with E-state index >= 15 is 0 Å². The number of allylic oxidation sites excluding steroid dienone is 2. The van der Waals surface area contributed by atoms with Crippen molar-refractivity contribution in [1.82, 2.24) is 0 Å². The number of sulfonamides is 1. The number of rotatable bonds is 5. The van der Waals surface area contributed by atoms with Crippen molar-refractivity contribution in [3.63, 3.8) is 0 Å². The zero-order chi connectivity index (χ0) is 23.8. The number of ketones is 1. The standard InChI is InChI=1S/C26H24N2O4S/c1-16-13-18(3)25(14-17(16)2)33(30,31)28-22-15-23(26(29)20-10-6-5-9-19(20)22)27-21-11-7-8-12-24(21)32-4/h5-15,27H,1-4H3. The van der Waals surface area contributed by atoms with E-state index in [-0.39, 0.29) is 22.1 Å². The van der Waals surface area contributed by atoms with E-state index in [1.165, 1.54) is 13.2 Å². The highest BCUT2D eigenvalue weighted by molar-refractivity contribution is 7.90. The molecule has 0 bridgehead atoms. The van der Waals surface area contributed by atoms with Gasteiger partial charge in [-0.2, -0.15) is 12.8 Å². The first kappa shape index (κ1) is 22.5. The number of benzene rings is 3. The molecule has 0 aromatic heterocycles. The molecule has 33 heavy (non-hydrogen) atoms. The number of para-hydroxylation sites is 2. The molecule has 1 aliphatic carbocycles. The van der Waals surface area contributed by atoms with Crippen molar-refractivity contribution < 1.29 is 17.9 Å². The lowest BCUT2D eigenvalue weighted by Crippen LogP contribution is -2.23. The second kappa shape index (κ2) is 8.67. The minimum atomic E-state index is -4.02. The predicted molar refractivity (Wildman–Crippen MR) is 130 cm³/mol. The number of fused-ring (bicyclic) bond motifs is 1. The summed E-state index contributed by atoms with van der Waals surface area (Å²) >= 11 is 0. The summed E-state index contributed by atoms with van der Waals surface area (Å²) in [5.74, 6) is 0.303. The fraction of sp³-hybridized carbons (Fsp3) is 0.154. The minimum absolute atomic E-state index is 0.153. The molecule has 7 heteroatoms. The summed E-state index contributed by atoms with van der Waals surface area (Å²) in [6.45, 7) is 5.55. The second-order valence-electron chi connectivity index (χ2n) is 7.91. The van der Waals surface area contributed by atoms with Gasteiger partial charge in [0.05, 0.1) is 29.1 Å². The molecule has 168 valence electrons. The van der Waals surface area contributed by atoms with Crippen LogP contribution < -0.4 is 10.1 Å². The molecule has 4 rings (SSSR count). The van der Waals surface area contributed by atoms with Gasteiger partial charge in [0.15, 0.2) is 0 Å². The first-order chi connectivity index (χ1) is 15.7. The van der Waals surface area contributed by atoms with Crippen LogP contribution in [0.1, 0.15) is 32.6 Å². The van der Waals surface area contributed by atoms with E-state index in [1.54, 1.807) is 49.4 Å². The van der Waals surface area contributed by atoms with Crippen LogP contribution in [0, 0.1) is 20.8 Å². The lowest BCUT2D eigenvalue weighted by Gasteiger charge is -2.20. The Balaban J connectivity index is 1.86. The molecule has 6 nitrogen and oxygen atoms in total. The molecule has 3 aromatic rings. The largest absolute Gasteiger partial charge is 0.495 e. The van der Waals surface area contributed by atoms with Crippen LogP contribution in [0.25, 0.3) is 0 Å². The van der Waals surface area contributed by atoms with Gasteiger partial charge in [0.25, 0.3) is 10.0 Å². The molecule has 0 heterocycles. The van der Waals surface area contributed by atoms with Gasteiger partial charge in [0, 0.05) is 11.1 Å². The number of nitrogens with one attached hydrogen (secondary N) is 1. The van der Waals surface area contributed by atoms with E-state index < -0.39 is 10.0 Å². The van der Waals surface area contributed by atoms with Crippen molar-refractivity contribution in [2.75, 3.05) is 12.4 Å². The number of carbonyl (C=O) groups is 1. The van der Waals surface area contributed by atoms with Gasteiger partial charge in [0.1, 0.15) is 5.75 Å². The van der Waals surface area contributed by atoms with Crippen LogP contribution in [0.3, 0.4) is 0 Å². The molecular weight excluding hydrogens is 436 g/mol. The fourth-order valence-corrected chi connectivity index (χ4v) is 5.08. The number of ether oxygens (including phenoxy) is 1. The summed E-state index contributed by atoms with van der Waals surface area (Å²) < 4.78 is 36.1. The SMILES string of the molecule is COc1ccccc1NC1=CC(=NS(=O)(=O)c2cc(C)c(C)cc2C)c2ccccc2C1=O. The third kappa shape index (κ3) is 4.32. The summed E-state index contributed by atoms with van der Waals surface area (Å²) in [4.78, 5) is 13.3. The van der Waals surface area contributed by atoms with Crippen LogP contribution in [-0.2, 0) is 10.0 Å². The molecule has 1 aliphatic rings. The number of nitrogens with zero attached hydrogens (tertiary/aromatic N) is 1. The van der Waals surface area contributed by atoms with Crippen molar-refractivity contribution in [3.8, 4) is 5.75 Å². The van der Waals surface area contributed by atoms with Gasteiger partial charge in [-0.05, 0) is 61.7 Å². The second-order valence-corrected chi connectivity index (χ2v) is 9.48. The Kier molecular flexibility index (Phi) is 5.91. The number of Topliss-reactive ketones (excluding diaryl/α,β-unsaturated/α-hetero) is 1. The van der Waals surface area contributed by atoms with Gasteiger partial charge in [-0.15, -0.1) is 0 Å². The Hall–Kier alpha value is -3.71. The highest BCUT2D eigenvalue weighted by Crippen LogP contribution is 2.29. The number of hydrogen-bond donors (Lipinski definition) is 1. The zero-order valence-corrected chi connectivity index (χ0v) is 19.7. The van der Waals surface area contributed by atoms with Gasteiger partial charge < -0.3 is 10.1 Å². The molecule has 0 radical (unpaired) electrons. The van der Waals surface area contributed by atoms with Gasteiger partial charge >= 0.3 is 0 Å². The van der Waals surface area contributed by atoms with Crippen molar-refractivity contribution in [2.24, 2.45) is 4.40 Å². The van der Waals surface area contributed by atoms with E-state index in [0.717, 1.165) is 11.1 Å². The lowest BCUT2D eigenvalue weighted by atomic mass is 9.92. The molecule has 0 atom stereocenters. The molecule has 3 aromatic carbocycles. The average Bonchev–Trinajstić information content (AvgIpc) is 2.79. The third-order valence-corrected chi connectivity index (χ3v) is 7.07. The van der Waals surface area contributed by atoms with Crippen molar-refractivity contribution >= 4 is 27.2 Å². The smallest absolute Gasteiger partial charge is 0.283 e. The highest BCUT2D eigenvalue weighted by atomic mass is 32.2. The van der Waals surface area contributed by atoms with E-state index in [9.17, 15) is 13.2 Å². The van der Waals surface area contributed by atoms with Crippen molar-refractivity contribution in [3.05, 3.63) is 100 Å². The maximum atomic E-state index is 13.3. The van der Waals surface area contributed by atoms with Gasteiger partial charge in [-0.1, -0.05) is 42.5 Å². The van der Waals surface area contributed by atoms with Crippen molar-refractivity contribution in [1.29, 1.82) is 0 Å². The summed E-state index contributed by atoms with van der Waals surface area (Å²) in [7, 11) is -2.48. The van der Waals surface area contributed by atoms with Crippen LogP contribution in [0.2, 0.25) is 0 Å². The molecule has 0 aliphatic heterocycles. The number of carbonyl (C=O) groups excluding carboxylic acids is 1. The van der Waals surface area contributed by atoms with Crippen molar-refractivity contribution in [2.45, 2.75) is 25.7 Å². The summed E-state index contributed by atoms with van der Waals surface area (Å²) in [5, 5.41) is 3.09. The maximum Gasteiger partial charge on any atom is 0.283 e. The molecule has 0 saturated heterocycles. The molecule has 1 N–H and O–H groups in total. The van der Waals surface area contributed by atoms with Crippen LogP contribution in [0.15, 0.2) is 81.7 Å². The number of aryl methyl sites for hydroxylation is 3. The van der Waals surface area contributed by atoms with Crippen LogP contribution >= 0.6 is 0 Å². The Morgan fingerprint density at radius 2 is 1.48 bits per heavy atom. The predicted octanol–water partition coefficient (Wildman–Crippen LogP) is 4.99. The zero-order valence-electron chi connectivity index (χ0n) is 18.8. The first-order valence-corrected chi connectivity index (χ1v) is 11.8. The van der Waals surface area contributed by atoms with Gasteiger partial charge in [-0.3, -0.25) is 4.79 Å². The van der Waals surface area contributed by atoms with Gasteiger partial charge in [-0.25, -0.2) is 0 Å². The summed E-state index contributed by atoms with van der Waals surface area (Å²) in [6, 6.07) is 17.5. The Labute approximate surface area is 193 Å². The van der Waals surface area contributed by atoms with Crippen LogP contribution in [0.4, 0.5) is 5.69 Å². The number of methoxy groups -OCH3 is 1. The topological polar surface area (TPSA) is 84.8 Å². The first-order valence-electron chi connectivity index (χ1n) is 10.4. The maximum absolute atomic E-state index is 13.3. The monoisotopic (exact) mass is 460 g/mol. The molecular formula is C26H24N2O4S. The molecule has 0 amide bonds. The molecule has 0 fully saturated rings. The van der Waals surface area contributed by atoms with E-state index in [0.29, 0.717) is 28.1 Å². The molecule has 0 saturated carbocycles. The average molecular weight is 461 g/mol. The number of anilines is 1. The third-order valence-electron chi connectivity index (χ3n) is 5.64. The van der Waals surface area contributed by atoms with E-state index in [2.05, 4.69) is 9.71 Å². The summed E-state index contributed by atoms with van der Waals surface area (Å²) in [6.07, 6.45) is 1.48. The number of hydrogen-bond acceptors (Lipinski definition) is 5. The minimum Gasteiger partial charge on any atom is -0.495 e. The Bertz CT molecular complexity index is 1440. The molecule has 0 unspecified atom stereocenters. The van der Waals surface area contributed by atoms with E-state index in [1.807, 2.05) is 32.0 Å². The van der Waals surface area contributed by atoms with Crippen LogP contribution in [0.5, 0.6) is 5.75 Å². The fourth-order valence-electron chi connectivity index (χ4n) is 3.78. The molecule has 0 spiro atoms. The Morgan fingerprint density at radius 1 is 0.848 bits per heavy atom.